The molecule has 4 atom stereocenters. The topological polar surface area (TPSA) is 227 Å². The highest BCUT2D eigenvalue weighted by atomic mass is 16.6. The molecule has 44 heavy (non-hydrogen) atoms. The standard InChI is InChI=1S/C28H42N4O12/c1-14(2)10-19(25(38)30-13-23(29)37)31-26(39)20-8-7-9-32(20)27(40)28(44-18(6)36)11-21(41-15(3)33)24(43-17(5)35)22(12-28)42-16(4)34/h14,19-22,24H,7-13H2,1-6H3,(H2,29,37)(H,30,38)(H,31,39)/t19-,20+,21+,22+,24?,28?/m1/s1. The number of hydrogen-bond donors (Lipinski definition) is 3. The van der Waals surface area contributed by atoms with Gasteiger partial charge in [-0.05, 0) is 25.2 Å². The van der Waals surface area contributed by atoms with Crippen LogP contribution in [0.1, 0.15) is 73.6 Å². The summed E-state index contributed by atoms with van der Waals surface area (Å²) < 4.78 is 21.7. The highest BCUT2D eigenvalue weighted by molar-refractivity contribution is 5.96. The Hall–Kier alpha value is -4.24. The fourth-order valence-electron chi connectivity index (χ4n) is 5.58. The van der Waals surface area contributed by atoms with Gasteiger partial charge in [-0.25, -0.2) is 0 Å². The molecule has 16 heteroatoms. The average molecular weight is 627 g/mol. The molecule has 16 nitrogen and oxygen atoms in total. The summed E-state index contributed by atoms with van der Waals surface area (Å²) in [5, 5.41) is 5.02. The van der Waals surface area contributed by atoms with Crippen LogP contribution in [0.15, 0.2) is 0 Å². The third kappa shape index (κ3) is 9.91. The number of likely N-dealkylation sites (tertiary alicyclic amines) is 1. The van der Waals surface area contributed by atoms with Gasteiger partial charge in [-0.2, -0.15) is 0 Å². The average Bonchev–Trinajstić information content (AvgIpc) is 3.37. The Balaban J connectivity index is 2.46. The number of carbonyl (C=O) groups excluding carboxylic acids is 8. The molecule has 1 saturated heterocycles. The number of primary amides is 1. The van der Waals surface area contributed by atoms with Gasteiger partial charge in [0.1, 0.15) is 24.3 Å². The number of carbonyl (C=O) groups is 8. The fourth-order valence-corrected chi connectivity index (χ4v) is 5.58. The van der Waals surface area contributed by atoms with Crippen LogP contribution in [-0.2, 0) is 57.3 Å². The monoisotopic (exact) mass is 626 g/mol. The van der Waals surface area contributed by atoms with Crippen LogP contribution in [0.2, 0.25) is 0 Å². The van der Waals surface area contributed by atoms with Crippen LogP contribution < -0.4 is 16.4 Å². The summed E-state index contributed by atoms with van der Waals surface area (Å²) in [7, 11) is 0. The molecule has 1 saturated carbocycles. The Labute approximate surface area is 255 Å². The van der Waals surface area contributed by atoms with Crippen LogP contribution in [0, 0.1) is 5.92 Å². The number of amides is 4. The molecule has 1 aliphatic carbocycles. The van der Waals surface area contributed by atoms with Gasteiger partial charge >= 0.3 is 23.9 Å². The predicted octanol–water partition coefficient (Wildman–Crippen LogP) is -0.999. The second-order valence-electron chi connectivity index (χ2n) is 11.4. The van der Waals surface area contributed by atoms with Crippen LogP contribution in [0.5, 0.6) is 0 Å². The van der Waals surface area contributed by atoms with Gasteiger partial charge in [0.2, 0.25) is 17.7 Å². The van der Waals surface area contributed by atoms with Crippen LogP contribution in [0.3, 0.4) is 0 Å². The van der Waals surface area contributed by atoms with Crippen molar-refractivity contribution in [2.45, 2.75) is 110 Å². The molecule has 0 aromatic rings. The molecular formula is C28H42N4O12. The van der Waals surface area contributed by atoms with Crippen LogP contribution >= 0.6 is 0 Å². The normalized spacial score (nSPS) is 25.3. The van der Waals surface area contributed by atoms with E-state index in [9.17, 15) is 38.4 Å². The number of nitrogens with one attached hydrogen (secondary N) is 2. The van der Waals surface area contributed by atoms with E-state index in [0.717, 1.165) is 27.7 Å². The van der Waals surface area contributed by atoms with Crippen LogP contribution in [0.25, 0.3) is 0 Å². The van der Waals surface area contributed by atoms with Crippen molar-refractivity contribution in [2.24, 2.45) is 11.7 Å². The van der Waals surface area contributed by atoms with E-state index in [4.69, 9.17) is 24.7 Å². The Morgan fingerprint density at radius 3 is 1.86 bits per heavy atom. The van der Waals surface area contributed by atoms with Gasteiger partial charge in [-0.1, -0.05) is 13.8 Å². The summed E-state index contributed by atoms with van der Waals surface area (Å²) in [5.41, 5.74) is 3.03. The van der Waals surface area contributed by atoms with E-state index >= 15 is 0 Å². The highest BCUT2D eigenvalue weighted by Gasteiger charge is 2.59. The quantitative estimate of drug-likeness (QED) is 0.175. The minimum absolute atomic E-state index is 0.0306. The largest absolute Gasteiger partial charge is 0.458 e. The van der Waals surface area contributed by atoms with E-state index < -0.39 is 103 Å². The first kappa shape index (κ1) is 36.0. The van der Waals surface area contributed by atoms with Crippen molar-refractivity contribution in [1.29, 1.82) is 0 Å². The molecule has 0 radical (unpaired) electrons. The lowest BCUT2D eigenvalue weighted by Gasteiger charge is -2.46. The number of hydrogen-bond acceptors (Lipinski definition) is 12. The molecule has 2 rings (SSSR count). The van der Waals surface area contributed by atoms with Crippen molar-refractivity contribution in [3.63, 3.8) is 0 Å². The summed E-state index contributed by atoms with van der Waals surface area (Å²) in [6.07, 6.45) is -4.14. The zero-order valence-electron chi connectivity index (χ0n) is 25.8. The van der Waals surface area contributed by atoms with Crippen LogP contribution in [0.4, 0.5) is 0 Å². The third-order valence-electron chi connectivity index (χ3n) is 7.05. The Kier molecular flexibility index (Phi) is 12.6. The first-order valence-electron chi connectivity index (χ1n) is 14.3. The van der Waals surface area contributed by atoms with E-state index in [-0.39, 0.29) is 25.3 Å². The molecule has 246 valence electrons. The lowest BCUT2D eigenvalue weighted by molar-refractivity contribution is -0.218. The van der Waals surface area contributed by atoms with Gasteiger partial charge in [-0.15, -0.1) is 0 Å². The summed E-state index contributed by atoms with van der Waals surface area (Å²) in [4.78, 5) is 101. The first-order valence-corrected chi connectivity index (χ1v) is 14.3. The molecule has 1 aliphatic heterocycles. The molecule has 4 N–H and O–H groups in total. The summed E-state index contributed by atoms with van der Waals surface area (Å²) >= 11 is 0. The SMILES string of the molecule is CC(=O)OC1[C@@H](OC(C)=O)CC(OC(C)=O)(C(=O)N2CCC[C@H]2C(=O)N[C@H](CC(C)C)C(=O)NCC(N)=O)C[C@@H]1OC(C)=O. The Bertz CT molecular complexity index is 1130. The minimum atomic E-state index is -2.08. The Morgan fingerprint density at radius 1 is 0.864 bits per heavy atom. The second-order valence-corrected chi connectivity index (χ2v) is 11.4. The lowest BCUT2D eigenvalue weighted by Crippen LogP contribution is -2.64. The molecular weight excluding hydrogens is 584 g/mol. The lowest BCUT2D eigenvalue weighted by atomic mass is 9.77. The van der Waals surface area contributed by atoms with Gasteiger partial charge in [-0.3, -0.25) is 38.4 Å². The maximum atomic E-state index is 14.3. The number of nitrogens with two attached hydrogens (primary N) is 1. The zero-order valence-corrected chi connectivity index (χ0v) is 25.8. The first-order chi connectivity index (χ1) is 20.4. The number of nitrogens with zero attached hydrogens (tertiary/aromatic N) is 1. The molecule has 2 fully saturated rings. The number of ether oxygens (including phenoxy) is 4. The van der Waals surface area contributed by atoms with Crippen molar-refractivity contribution < 1.29 is 57.3 Å². The van der Waals surface area contributed by atoms with Gasteiger partial charge in [0.25, 0.3) is 5.91 Å². The fraction of sp³-hybridized carbons (Fsp3) is 0.714. The summed E-state index contributed by atoms with van der Waals surface area (Å²) in [6.45, 7) is 7.65. The molecule has 0 unspecified atom stereocenters. The molecule has 0 aromatic heterocycles. The summed E-state index contributed by atoms with van der Waals surface area (Å²) in [5.74, 6) is -6.16. The van der Waals surface area contributed by atoms with E-state index in [1.807, 2.05) is 13.8 Å². The van der Waals surface area contributed by atoms with Crippen LogP contribution in [-0.4, -0.2) is 101 Å². The zero-order chi connectivity index (χ0) is 33.4. The van der Waals surface area contributed by atoms with E-state index in [1.54, 1.807) is 0 Å². The molecule has 1 heterocycles. The smallest absolute Gasteiger partial charge is 0.303 e. The maximum absolute atomic E-state index is 14.3. The van der Waals surface area contributed by atoms with Crippen molar-refractivity contribution in [1.82, 2.24) is 15.5 Å². The Morgan fingerprint density at radius 2 is 1.41 bits per heavy atom. The molecule has 4 amide bonds. The highest BCUT2D eigenvalue weighted by Crippen LogP contribution is 2.40. The van der Waals surface area contributed by atoms with Gasteiger partial charge in [0.15, 0.2) is 11.7 Å². The molecule has 0 spiro atoms. The van der Waals surface area contributed by atoms with Gasteiger partial charge < -0.3 is 40.2 Å². The van der Waals surface area contributed by atoms with Crippen molar-refractivity contribution >= 4 is 47.5 Å². The van der Waals surface area contributed by atoms with Crippen molar-refractivity contribution in [3.05, 3.63) is 0 Å². The van der Waals surface area contributed by atoms with Gasteiger partial charge in [0, 0.05) is 47.1 Å². The minimum Gasteiger partial charge on any atom is -0.458 e. The van der Waals surface area contributed by atoms with Crippen molar-refractivity contribution in [2.75, 3.05) is 13.1 Å². The van der Waals surface area contributed by atoms with Gasteiger partial charge in [0.05, 0.1) is 6.54 Å². The summed E-state index contributed by atoms with van der Waals surface area (Å²) in [6, 6.07) is -2.12. The predicted molar refractivity (Wildman–Crippen MR) is 149 cm³/mol. The second kappa shape index (κ2) is 15.5. The molecule has 0 bridgehead atoms. The van der Waals surface area contributed by atoms with E-state index in [0.29, 0.717) is 6.42 Å². The number of esters is 4. The number of rotatable bonds is 12. The molecule has 0 aromatic carbocycles. The van der Waals surface area contributed by atoms with E-state index in [1.165, 1.54) is 4.90 Å². The molecule has 2 aliphatic rings. The van der Waals surface area contributed by atoms with E-state index in [2.05, 4.69) is 10.6 Å². The third-order valence-corrected chi connectivity index (χ3v) is 7.05. The maximum Gasteiger partial charge on any atom is 0.303 e. The van der Waals surface area contributed by atoms with Crippen molar-refractivity contribution in [3.8, 4) is 0 Å².